The fraction of sp³-hybridized carbons (Fsp3) is 0.300. The molecule has 3 nitrogen and oxygen atoms in total. The van der Waals surface area contributed by atoms with Crippen LogP contribution in [0.5, 0.6) is 5.75 Å². The van der Waals surface area contributed by atoms with Gasteiger partial charge in [-0.2, -0.15) is 0 Å². The van der Waals surface area contributed by atoms with Crippen molar-refractivity contribution in [1.29, 1.82) is 0 Å². The van der Waals surface area contributed by atoms with Gasteiger partial charge in [-0.3, -0.25) is 4.79 Å². The SMILES string of the molecule is COC(=O)C(Cl)c1ccc(OC)c(Br)c1. The molecule has 0 radical (unpaired) electrons. The van der Waals surface area contributed by atoms with Gasteiger partial charge in [-0.25, -0.2) is 0 Å². The molecule has 0 aromatic heterocycles. The Morgan fingerprint density at radius 1 is 1.47 bits per heavy atom. The summed E-state index contributed by atoms with van der Waals surface area (Å²) in [5.41, 5.74) is 0.663. The molecule has 82 valence electrons. The normalized spacial score (nSPS) is 12.0. The van der Waals surface area contributed by atoms with Crippen molar-refractivity contribution >= 4 is 33.5 Å². The van der Waals surface area contributed by atoms with Gasteiger partial charge in [0.1, 0.15) is 5.75 Å². The van der Waals surface area contributed by atoms with Crippen LogP contribution in [0.15, 0.2) is 22.7 Å². The van der Waals surface area contributed by atoms with Crippen LogP contribution in [0.2, 0.25) is 0 Å². The zero-order chi connectivity index (χ0) is 11.4. The summed E-state index contributed by atoms with van der Waals surface area (Å²) in [5.74, 6) is 0.209. The molecule has 1 aromatic carbocycles. The van der Waals surface area contributed by atoms with E-state index < -0.39 is 11.3 Å². The largest absolute Gasteiger partial charge is 0.496 e. The molecule has 0 saturated heterocycles. The lowest BCUT2D eigenvalue weighted by molar-refractivity contribution is -0.140. The van der Waals surface area contributed by atoms with Crippen molar-refractivity contribution in [1.82, 2.24) is 0 Å². The van der Waals surface area contributed by atoms with Crippen molar-refractivity contribution in [3.63, 3.8) is 0 Å². The zero-order valence-electron chi connectivity index (χ0n) is 8.29. The fourth-order valence-corrected chi connectivity index (χ4v) is 1.86. The minimum absolute atomic E-state index is 0.478. The van der Waals surface area contributed by atoms with Gasteiger partial charge in [0.2, 0.25) is 0 Å². The second-order valence-electron chi connectivity index (χ2n) is 2.78. The Balaban J connectivity index is 2.97. The smallest absolute Gasteiger partial charge is 0.328 e. The Labute approximate surface area is 101 Å². The van der Waals surface area contributed by atoms with Gasteiger partial charge in [0.25, 0.3) is 0 Å². The number of rotatable bonds is 3. The molecule has 0 aliphatic rings. The van der Waals surface area contributed by atoms with Crippen molar-refractivity contribution < 1.29 is 14.3 Å². The van der Waals surface area contributed by atoms with Gasteiger partial charge in [0.05, 0.1) is 18.7 Å². The fourth-order valence-electron chi connectivity index (χ4n) is 1.08. The Kier molecular flexibility index (Phi) is 4.42. The third-order valence-corrected chi connectivity index (χ3v) is 2.93. The molecular weight excluding hydrogens is 283 g/mol. The molecule has 0 amide bonds. The lowest BCUT2D eigenvalue weighted by Crippen LogP contribution is -2.08. The van der Waals surface area contributed by atoms with Gasteiger partial charge >= 0.3 is 5.97 Å². The van der Waals surface area contributed by atoms with Gasteiger partial charge in [-0.05, 0) is 33.6 Å². The highest BCUT2D eigenvalue weighted by atomic mass is 79.9. The van der Waals surface area contributed by atoms with Crippen molar-refractivity contribution in [3.8, 4) is 5.75 Å². The van der Waals surface area contributed by atoms with E-state index in [1.165, 1.54) is 7.11 Å². The van der Waals surface area contributed by atoms with Crippen LogP contribution in [0.1, 0.15) is 10.9 Å². The van der Waals surface area contributed by atoms with Crippen LogP contribution < -0.4 is 4.74 Å². The van der Waals surface area contributed by atoms with Gasteiger partial charge in [0.15, 0.2) is 5.38 Å². The Morgan fingerprint density at radius 2 is 2.13 bits per heavy atom. The maximum absolute atomic E-state index is 11.2. The first-order valence-corrected chi connectivity index (χ1v) is 5.38. The summed E-state index contributed by atoms with van der Waals surface area (Å²) in [4.78, 5) is 11.2. The lowest BCUT2D eigenvalue weighted by Gasteiger charge is -2.09. The summed E-state index contributed by atoms with van der Waals surface area (Å²) in [6.07, 6.45) is 0. The molecule has 5 heteroatoms. The average molecular weight is 294 g/mol. The summed E-state index contributed by atoms with van der Waals surface area (Å²) in [7, 11) is 2.87. The Bertz CT molecular complexity index is 368. The summed E-state index contributed by atoms with van der Waals surface area (Å²) in [6, 6.07) is 5.18. The summed E-state index contributed by atoms with van der Waals surface area (Å²) < 4.78 is 10.4. The number of benzene rings is 1. The molecule has 0 saturated carbocycles. The van der Waals surface area contributed by atoms with Crippen LogP contribution in [-0.2, 0) is 9.53 Å². The third-order valence-electron chi connectivity index (χ3n) is 1.88. The van der Waals surface area contributed by atoms with Gasteiger partial charge in [-0.15, -0.1) is 11.6 Å². The van der Waals surface area contributed by atoms with E-state index in [1.807, 2.05) is 0 Å². The summed E-state index contributed by atoms with van der Waals surface area (Å²) in [6.45, 7) is 0. The summed E-state index contributed by atoms with van der Waals surface area (Å²) in [5, 5.41) is -0.794. The average Bonchev–Trinajstić information content (AvgIpc) is 2.26. The first kappa shape index (κ1) is 12.3. The predicted octanol–water partition coefficient (Wildman–Crippen LogP) is 2.91. The summed E-state index contributed by atoms with van der Waals surface area (Å²) >= 11 is 9.20. The number of halogens is 2. The van der Waals surface area contributed by atoms with Crippen LogP contribution in [0.4, 0.5) is 0 Å². The van der Waals surface area contributed by atoms with Gasteiger partial charge < -0.3 is 9.47 Å². The second kappa shape index (κ2) is 5.37. The van der Waals surface area contributed by atoms with Crippen LogP contribution in [0.3, 0.4) is 0 Å². The zero-order valence-corrected chi connectivity index (χ0v) is 10.6. The number of esters is 1. The molecular formula is C10H10BrClO3. The number of alkyl halides is 1. The number of carbonyl (C=O) groups is 1. The quantitative estimate of drug-likeness (QED) is 0.635. The van der Waals surface area contributed by atoms with Gasteiger partial charge in [0, 0.05) is 0 Å². The van der Waals surface area contributed by atoms with Crippen molar-refractivity contribution in [2.24, 2.45) is 0 Å². The standard InChI is InChI=1S/C10H10BrClO3/c1-14-8-4-3-6(5-7(8)11)9(12)10(13)15-2/h3-5,9H,1-2H3. The molecule has 0 fully saturated rings. The topological polar surface area (TPSA) is 35.5 Å². The maximum Gasteiger partial charge on any atom is 0.328 e. The Morgan fingerprint density at radius 3 is 2.60 bits per heavy atom. The number of methoxy groups -OCH3 is 2. The van der Waals surface area contributed by atoms with Crippen LogP contribution >= 0.6 is 27.5 Å². The maximum atomic E-state index is 11.2. The molecule has 0 aliphatic carbocycles. The van der Waals surface area contributed by atoms with E-state index in [2.05, 4.69) is 20.7 Å². The number of hydrogen-bond donors (Lipinski definition) is 0. The van der Waals surface area contributed by atoms with E-state index in [0.717, 1.165) is 4.47 Å². The van der Waals surface area contributed by atoms with E-state index in [9.17, 15) is 4.79 Å². The lowest BCUT2D eigenvalue weighted by atomic mass is 10.1. The first-order valence-electron chi connectivity index (χ1n) is 4.15. The highest BCUT2D eigenvalue weighted by molar-refractivity contribution is 9.10. The van der Waals surface area contributed by atoms with E-state index in [0.29, 0.717) is 11.3 Å². The molecule has 1 atom stereocenters. The monoisotopic (exact) mass is 292 g/mol. The van der Waals surface area contributed by atoms with Crippen LogP contribution in [0, 0.1) is 0 Å². The highest BCUT2D eigenvalue weighted by Crippen LogP contribution is 2.30. The van der Waals surface area contributed by atoms with E-state index in [4.69, 9.17) is 16.3 Å². The molecule has 15 heavy (non-hydrogen) atoms. The predicted molar refractivity (Wildman–Crippen MR) is 61.3 cm³/mol. The number of ether oxygens (including phenoxy) is 2. The number of carbonyl (C=O) groups excluding carboxylic acids is 1. The molecule has 0 bridgehead atoms. The minimum Gasteiger partial charge on any atom is -0.496 e. The van der Waals surface area contributed by atoms with Crippen molar-refractivity contribution in [3.05, 3.63) is 28.2 Å². The second-order valence-corrected chi connectivity index (χ2v) is 4.07. The molecule has 0 heterocycles. The van der Waals surface area contributed by atoms with Crippen LogP contribution in [-0.4, -0.2) is 20.2 Å². The molecule has 0 spiro atoms. The van der Waals surface area contributed by atoms with E-state index >= 15 is 0 Å². The van der Waals surface area contributed by atoms with E-state index in [-0.39, 0.29) is 0 Å². The Hall–Kier alpha value is -0.740. The molecule has 1 rings (SSSR count). The highest BCUT2D eigenvalue weighted by Gasteiger charge is 2.18. The molecule has 0 N–H and O–H groups in total. The van der Waals surface area contributed by atoms with Crippen molar-refractivity contribution in [2.75, 3.05) is 14.2 Å². The molecule has 0 aliphatic heterocycles. The van der Waals surface area contributed by atoms with Gasteiger partial charge in [-0.1, -0.05) is 6.07 Å². The molecule has 1 aromatic rings. The van der Waals surface area contributed by atoms with Crippen LogP contribution in [0.25, 0.3) is 0 Å². The molecule has 1 unspecified atom stereocenters. The van der Waals surface area contributed by atoms with E-state index in [1.54, 1.807) is 25.3 Å². The first-order chi connectivity index (χ1) is 7.10. The number of hydrogen-bond acceptors (Lipinski definition) is 3. The van der Waals surface area contributed by atoms with Crippen molar-refractivity contribution in [2.45, 2.75) is 5.38 Å². The third kappa shape index (κ3) is 2.86. The minimum atomic E-state index is -0.794.